The molecule has 0 amide bonds. The van der Waals surface area contributed by atoms with Gasteiger partial charge in [0.25, 0.3) is 0 Å². The molecule has 1 saturated heterocycles. The van der Waals surface area contributed by atoms with Crippen molar-refractivity contribution in [2.24, 2.45) is 0 Å². The third-order valence-corrected chi connectivity index (χ3v) is 2.57. The molecule has 14 heavy (non-hydrogen) atoms. The normalized spacial score (nSPS) is 22.2. The number of hydrogen-bond acceptors (Lipinski definition) is 3. The van der Waals surface area contributed by atoms with Gasteiger partial charge >= 0.3 is 0 Å². The van der Waals surface area contributed by atoms with Crippen molar-refractivity contribution in [1.29, 1.82) is 0 Å². The zero-order chi connectivity index (χ0) is 9.97. The van der Waals surface area contributed by atoms with Crippen LogP contribution in [0.3, 0.4) is 0 Å². The number of ether oxygens (including phenoxy) is 1. The van der Waals surface area contributed by atoms with Gasteiger partial charge < -0.3 is 15.2 Å². The maximum absolute atomic E-state index is 9.85. The molecule has 1 aliphatic rings. The van der Waals surface area contributed by atoms with Crippen LogP contribution in [0.2, 0.25) is 0 Å². The van der Waals surface area contributed by atoms with Crippen molar-refractivity contribution in [3.05, 3.63) is 29.3 Å². The standard InChI is InChI=1S/C11H15NO2/c1-8-3-2-4-9(11(8)13)10-7-14-6-5-12-10/h2-4,10,12-13H,5-7H2,1H3/t10-/m0/s1. The lowest BCUT2D eigenvalue weighted by molar-refractivity contribution is 0.0760. The van der Waals surface area contributed by atoms with Gasteiger partial charge in [-0.3, -0.25) is 0 Å². The van der Waals surface area contributed by atoms with E-state index in [1.54, 1.807) is 0 Å². The van der Waals surface area contributed by atoms with E-state index in [-0.39, 0.29) is 6.04 Å². The van der Waals surface area contributed by atoms with Gasteiger partial charge in [-0.25, -0.2) is 0 Å². The Labute approximate surface area is 83.7 Å². The molecule has 1 heterocycles. The first-order chi connectivity index (χ1) is 6.79. The summed E-state index contributed by atoms with van der Waals surface area (Å²) in [6.45, 7) is 4.14. The number of nitrogens with one attached hydrogen (secondary N) is 1. The molecule has 1 aliphatic heterocycles. The van der Waals surface area contributed by atoms with Crippen LogP contribution in [0, 0.1) is 6.92 Å². The first-order valence-corrected chi connectivity index (χ1v) is 4.88. The Kier molecular flexibility index (Phi) is 2.70. The number of rotatable bonds is 1. The molecule has 1 aromatic rings. The van der Waals surface area contributed by atoms with Crippen LogP contribution in [0.4, 0.5) is 0 Å². The Morgan fingerprint density at radius 3 is 3.07 bits per heavy atom. The third kappa shape index (κ3) is 1.74. The number of para-hydroxylation sites is 1. The second-order valence-electron chi connectivity index (χ2n) is 3.59. The Bertz CT molecular complexity index is 319. The molecular formula is C11H15NO2. The number of aryl methyl sites for hydroxylation is 1. The van der Waals surface area contributed by atoms with Crippen LogP contribution >= 0.6 is 0 Å². The maximum atomic E-state index is 9.85. The van der Waals surface area contributed by atoms with Crippen molar-refractivity contribution in [3.8, 4) is 5.75 Å². The number of phenols is 1. The van der Waals surface area contributed by atoms with Gasteiger partial charge in [-0.2, -0.15) is 0 Å². The summed E-state index contributed by atoms with van der Waals surface area (Å²) in [5.41, 5.74) is 1.85. The summed E-state index contributed by atoms with van der Waals surface area (Å²) < 4.78 is 5.36. The van der Waals surface area contributed by atoms with Crippen molar-refractivity contribution in [2.75, 3.05) is 19.8 Å². The van der Waals surface area contributed by atoms with Gasteiger partial charge in [-0.05, 0) is 12.5 Å². The lowest BCUT2D eigenvalue weighted by Crippen LogP contribution is -2.34. The Hall–Kier alpha value is -1.06. The van der Waals surface area contributed by atoms with Gasteiger partial charge in [0.2, 0.25) is 0 Å². The van der Waals surface area contributed by atoms with Crippen LogP contribution in [0.15, 0.2) is 18.2 Å². The van der Waals surface area contributed by atoms with E-state index in [0.717, 1.165) is 24.3 Å². The van der Waals surface area contributed by atoms with Gasteiger partial charge in [0, 0.05) is 12.1 Å². The van der Waals surface area contributed by atoms with Crippen molar-refractivity contribution in [3.63, 3.8) is 0 Å². The van der Waals surface area contributed by atoms with Gasteiger partial charge in [0.15, 0.2) is 0 Å². The molecule has 0 unspecified atom stereocenters. The smallest absolute Gasteiger partial charge is 0.123 e. The van der Waals surface area contributed by atoms with Crippen molar-refractivity contribution in [1.82, 2.24) is 5.32 Å². The average molecular weight is 193 g/mol. The van der Waals surface area contributed by atoms with Crippen molar-refractivity contribution >= 4 is 0 Å². The van der Waals surface area contributed by atoms with Crippen molar-refractivity contribution < 1.29 is 9.84 Å². The molecular weight excluding hydrogens is 178 g/mol. The highest BCUT2D eigenvalue weighted by Gasteiger charge is 2.18. The molecule has 0 aliphatic carbocycles. The van der Waals surface area contributed by atoms with Gasteiger partial charge in [-0.15, -0.1) is 0 Å². The van der Waals surface area contributed by atoms with Crippen LogP contribution in [0.25, 0.3) is 0 Å². The molecule has 0 spiro atoms. The molecule has 1 aromatic carbocycles. The van der Waals surface area contributed by atoms with Gasteiger partial charge in [0.1, 0.15) is 5.75 Å². The maximum Gasteiger partial charge on any atom is 0.123 e. The lowest BCUT2D eigenvalue weighted by Gasteiger charge is -2.25. The summed E-state index contributed by atoms with van der Waals surface area (Å²) in [5.74, 6) is 0.385. The topological polar surface area (TPSA) is 41.5 Å². The molecule has 3 heteroatoms. The van der Waals surface area contributed by atoms with Gasteiger partial charge in [0.05, 0.1) is 19.3 Å². The predicted octanol–water partition coefficient (Wildman–Crippen LogP) is 1.36. The van der Waals surface area contributed by atoms with E-state index >= 15 is 0 Å². The summed E-state index contributed by atoms with van der Waals surface area (Å²) in [6.07, 6.45) is 0. The fourth-order valence-electron chi connectivity index (χ4n) is 1.73. The number of aromatic hydroxyl groups is 1. The lowest BCUT2D eigenvalue weighted by atomic mass is 10.0. The van der Waals surface area contributed by atoms with Crippen LogP contribution < -0.4 is 5.32 Å². The number of hydrogen-bond donors (Lipinski definition) is 2. The minimum absolute atomic E-state index is 0.128. The highest BCUT2D eigenvalue weighted by Crippen LogP contribution is 2.28. The zero-order valence-corrected chi connectivity index (χ0v) is 8.29. The van der Waals surface area contributed by atoms with E-state index in [1.807, 2.05) is 25.1 Å². The fraction of sp³-hybridized carbons (Fsp3) is 0.455. The molecule has 0 radical (unpaired) electrons. The molecule has 1 fully saturated rings. The minimum atomic E-state index is 0.128. The first-order valence-electron chi connectivity index (χ1n) is 4.88. The second kappa shape index (κ2) is 3.98. The molecule has 0 saturated carbocycles. The highest BCUT2D eigenvalue weighted by atomic mass is 16.5. The zero-order valence-electron chi connectivity index (χ0n) is 8.29. The summed E-state index contributed by atoms with van der Waals surface area (Å²) in [5, 5.41) is 13.2. The van der Waals surface area contributed by atoms with E-state index in [4.69, 9.17) is 4.74 Å². The van der Waals surface area contributed by atoms with Crippen molar-refractivity contribution in [2.45, 2.75) is 13.0 Å². The molecule has 0 aromatic heterocycles. The van der Waals surface area contributed by atoms with Crippen LogP contribution in [0.5, 0.6) is 5.75 Å². The Balaban J connectivity index is 2.26. The highest BCUT2D eigenvalue weighted by molar-refractivity contribution is 5.41. The molecule has 2 N–H and O–H groups in total. The van der Waals surface area contributed by atoms with E-state index < -0.39 is 0 Å². The summed E-state index contributed by atoms with van der Waals surface area (Å²) in [7, 11) is 0. The number of morpholine rings is 1. The Morgan fingerprint density at radius 2 is 2.36 bits per heavy atom. The third-order valence-electron chi connectivity index (χ3n) is 2.57. The minimum Gasteiger partial charge on any atom is -0.507 e. The molecule has 76 valence electrons. The quantitative estimate of drug-likeness (QED) is 0.707. The Morgan fingerprint density at radius 1 is 1.50 bits per heavy atom. The molecule has 0 bridgehead atoms. The fourth-order valence-corrected chi connectivity index (χ4v) is 1.73. The van der Waals surface area contributed by atoms with Crippen LogP contribution in [-0.2, 0) is 4.74 Å². The molecule has 2 rings (SSSR count). The van der Waals surface area contributed by atoms with E-state index in [9.17, 15) is 5.11 Å². The predicted molar refractivity (Wildman–Crippen MR) is 54.4 cm³/mol. The summed E-state index contributed by atoms with van der Waals surface area (Å²) >= 11 is 0. The summed E-state index contributed by atoms with van der Waals surface area (Å²) in [6, 6.07) is 5.93. The van der Waals surface area contributed by atoms with E-state index in [2.05, 4.69) is 5.32 Å². The van der Waals surface area contributed by atoms with E-state index in [0.29, 0.717) is 12.4 Å². The monoisotopic (exact) mass is 193 g/mol. The van der Waals surface area contributed by atoms with Gasteiger partial charge in [-0.1, -0.05) is 18.2 Å². The van der Waals surface area contributed by atoms with Crippen LogP contribution in [0.1, 0.15) is 17.2 Å². The molecule has 3 nitrogen and oxygen atoms in total. The van der Waals surface area contributed by atoms with Crippen LogP contribution in [-0.4, -0.2) is 24.9 Å². The summed E-state index contributed by atoms with van der Waals surface area (Å²) in [4.78, 5) is 0. The first kappa shape index (κ1) is 9.49. The second-order valence-corrected chi connectivity index (χ2v) is 3.59. The number of phenolic OH excluding ortho intramolecular Hbond substituents is 1. The largest absolute Gasteiger partial charge is 0.507 e. The SMILES string of the molecule is Cc1cccc([C@@H]2COCCN2)c1O. The molecule has 1 atom stereocenters. The average Bonchev–Trinajstić information content (AvgIpc) is 2.23. The number of benzene rings is 1. The van der Waals surface area contributed by atoms with E-state index in [1.165, 1.54) is 0 Å².